The summed E-state index contributed by atoms with van der Waals surface area (Å²) in [4.78, 5) is -0.0655. The predicted molar refractivity (Wildman–Crippen MR) is 163 cm³/mol. The van der Waals surface area contributed by atoms with Crippen molar-refractivity contribution in [2.75, 3.05) is 0 Å². The van der Waals surface area contributed by atoms with E-state index in [1.54, 1.807) is 6.07 Å². The van der Waals surface area contributed by atoms with Crippen LogP contribution in [0.5, 0.6) is 0 Å². The van der Waals surface area contributed by atoms with Crippen molar-refractivity contribution >= 4 is 20.9 Å². The summed E-state index contributed by atoms with van der Waals surface area (Å²) in [6, 6.07) is 9.43. The fourth-order valence-electron chi connectivity index (χ4n) is 5.69. The molecule has 0 bridgehead atoms. The molecular weight excluding hydrogens is 528 g/mol. The van der Waals surface area contributed by atoms with E-state index in [1.165, 1.54) is 133 Å². The molecule has 0 aliphatic heterocycles. The minimum Gasteiger partial charge on any atom is -0.744 e. The van der Waals surface area contributed by atoms with E-state index < -0.39 is 10.1 Å². The summed E-state index contributed by atoms with van der Waals surface area (Å²) in [7, 11) is -4.50. The molecule has 0 aliphatic carbocycles. The Morgan fingerprint density at radius 3 is 1.46 bits per heavy atom. The van der Waals surface area contributed by atoms with Gasteiger partial charge in [-0.2, -0.15) is 0 Å². The maximum absolute atomic E-state index is 12.0. The molecule has 0 spiro atoms. The Kier molecular flexibility index (Phi) is 21.8. The van der Waals surface area contributed by atoms with Crippen LogP contribution in [-0.4, -0.2) is 13.0 Å². The zero-order chi connectivity index (χ0) is 27.5. The van der Waals surface area contributed by atoms with E-state index in [9.17, 15) is 13.0 Å². The summed E-state index contributed by atoms with van der Waals surface area (Å²) in [5.74, 6) is 0. The van der Waals surface area contributed by atoms with Crippen LogP contribution in [0.1, 0.15) is 153 Å². The molecule has 0 atom stereocenters. The van der Waals surface area contributed by atoms with Gasteiger partial charge in [-0.1, -0.05) is 148 Å². The van der Waals surface area contributed by atoms with Crippen LogP contribution < -0.4 is 51.4 Å². The van der Waals surface area contributed by atoms with E-state index >= 15 is 0 Å². The third-order valence-electron chi connectivity index (χ3n) is 7.99. The third-order valence-corrected chi connectivity index (χ3v) is 8.88. The number of fused-ring (bicyclic) bond motifs is 1. The van der Waals surface area contributed by atoms with E-state index in [0.29, 0.717) is 5.39 Å². The molecule has 0 amide bonds. The molecule has 2 rings (SSSR count). The Balaban J connectivity index is 0.00000760. The van der Waals surface area contributed by atoms with Gasteiger partial charge in [0.1, 0.15) is 10.1 Å². The van der Waals surface area contributed by atoms with Crippen LogP contribution in [-0.2, 0) is 23.0 Å². The Hall–Kier alpha value is 0.246. The van der Waals surface area contributed by atoms with Crippen LogP contribution in [0.25, 0.3) is 10.8 Å². The van der Waals surface area contributed by atoms with Crippen molar-refractivity contribution in [2.24, 2.45) is 0 Å². The monoisotopic (exact) mass is 582 g/mol. The molecule has 0 fully saturated rings. The van der Waals surface area contributed by atoms with Gasteiger partial charge in [-0.25, -0.2) is 8.42 Å². The number of benzene rings is 2. The van der Waals surface area contributed by atoms with Gasteiger partial charge < -0.3 is 4.55 Å². The molecule has 0 aliphatic rings. The molecule has 2 aromatic rings. The largest absolute Gasteiger partial charge is 1.00 e. The Bertz CT molecular complexity index is 1000. The fourth-order valence-corrected chi connectivity index (χ4v) is 6.37. The van der Waals surface area contributed by atoms with Gasteiger partial charge in [0.05, 0.1) is 4.90 Å². The van der Waals surface area contributed by atoms with Crippen LogP contribution in [0, 0.1) is 0 Å². The quantitative estimate of drug-likeness (QED) is 0.0767. The number of aryl methyl sites for hydroxylation is 2. The first-order valence-corrected chi connectivity index (χ1v) is 17.4. The van der Waals surface area contributed by atoms with Crippen molar-refractivity contribution in [2.45, 2.75) is 160 Å². The number of hydrogen-bond acceptors (Lipinski definition) is 3. The van der Waals surface area contributed by atoms with Gasteiger partial charge in [-0.15, -0.1) is 0 Å². The van der Waals surface area contributed by atoms with Crippen molar-refractivity contribution in [3.05, 3.63) is 41.5 Å². The number of unbranched alkanes of at least 4 members (excludes halogenated alkanes) is 18. The summed E-state index contributed by atoms with van der Waals surface area (Å²) in [5.41, 5.74) is 2.38. The number of rotatable bonds is 23. The average Bonchev–Trinajstić information content (AvgIpc) is 2.89. The Morgan fingerprint density at radius 1 is 0.564 bits per heavy atom. The summed E-state index contributed by atoms with van der Waals surface area (Å²) in [6.45, 7) is 4.52. The third kappa shape index (κ3) is 15.9. The topological polar surface area (TPSA) is 57.2 Å². The Labute approximate surface area is 283 Å². The second kappa shape index (κ2) is 22.8. The second-order valence-electron chi connectivity index (χ2n) is 11.4. The second-order valence-corrected chi connectivity index (χ2v) is 12.8. The van der Waals surface area contributed by atoms with E-state index in [0.717, 1.165) is 31.1 Å². The van der Waals surface area contributed by atoms with E-state index in [1.807, 2.05) is 12.1 Å². The standard InChI is InChI=1S/C34H56O3S.K/c1-3-5-7-9-11-13-15-17-19-21-24-30-28-31(25-22-20-18-16-14-12-10-8-6-4-2)32-26-23-27-34(33(32)29-30)38(35,36)37;/h23,26-29H,3-22,24-25H2,1-2H3,(H,35,36,37);/q;+1/p-1. The molecule has 216 valence electrons. The first kappa shape index (κ1) is 37.3. The average molecular weight is 583 g/mol. The van der Waals surface area contributed by atoms with E-state index in [-0.39, 0.29) is 56.3 Å². The molecule has 2 aromatic carbocycles. The van der Waals surface area contributed by atoms with Crippen LogP contribution in [0.15, 0.2) is 35.2 Å². The minimum absolute atomic E-state index is 0. The van der Waals surface area contributed by atoms with Gasteiger partial charge in [0, 0.05) is 0 Å². The van der Waals surface area contributed by atoms with Crippen molar-refractivity contribution in [3.8, 4) is 0 Å². The van der Waals surface area contributed by atoms with Crippen LogP contribution in [0.3, 0.4) is 0 Å². The van der Waals surface area contributed by atoms with Crippen LogP contribution in [0.2, 0.25) is 0 Å². The van der Waals surface area contributed by atoms with Gasteiger partial charge in [0.25, 0.3) is 0 Å². The van der Waals surface area contributed by atoms with Gasteiger partial charge >= 0.3 is 51.4 Å². The predicted octanol–water partition coefficient (Wildman–Crippen LogP) is 7.67. The molecule has 5 heteroatoms. The molecular formula is C34H55KO3S. The first-order chi connectivity index (χ1) is 18.5. The number of hydrogen-bond donors (Lipinski definition) is 0. The van der Waals surface area contributed by atoms with Gasteiger partial charge in [0.15, 0.2) is 0 Å². The van der Waals surface area contributed by atoms with Crippen molar-refractivity contribution in [1.82, 2.24) is 0 Å². The van der Waals surface area contributed by atoms with E-state index in [2.05, 4.69) is 19.9 Å². The molecule has 3 nitrogen and oxygen atoms in total. The molecule has 39 heavy (non-hydrogen) atoms. The minimum atomic E-state index is -4.50. The molecule has 0 aromatic heterocycles. The van der Waals surface area contributed by atoms with Crippen molar-refractivity contribution < 1.29 is 64.4 Å². The van der Waals surface area contributed by atoms with Crippen molar-refractivity contribution in [3.63, 3.8) is 0 Å². The normalized spacial score (nSPS) is 11.7. The molecule has 0 heterocycles. The fraction of sp³-hybridized carbons (Fsp3) is 0.706. The van der Waals surface area contributed by atoms with Gasteiger partial charge in [0.2, 0.25) is 0 Å². The molecule has 0 saturated heterocycles. The summed E-state index contributed by atoms with van der Waals surface area (Å²) in [6.07, 6.45) is 27.9. The molecule has 0 saturated carbocycles. The van der Waals surface area contributed by atoms with Crippen LogP contribution in [0.4, 0.5) is 0 Å². The maximum atomic E-state index is 12.0. The van der Waals surface area contributed by atoms with Crippen LogP contribution >= 0.6 is 0 Å². The van der Waals surface area contributed by atoms with Gasteiger partial charge in [-0.3, -0.25) is 0 Å². The maximum Gasteiger partial charge on any atom is 1.00 e. The van der Waals surface area contributed by atoms with Gasteiger partial charge in [-0.05, 0) is 59.7 Å². The zero-order valence-electron chi connectivity index (χ0n) is 25.6. The summed E-state index contributed by atoms with van der Waals surface area (Å²) >= 11 is 0. The molecule has 0 N–H and O–H groups in total. The van der Waals surface area contributed by atoms with E-state index in [4.69, 9.17) is 0 Å². The zero-order valence-corrected chi connectivity index (χ0v) is 29.5. The SMILES string of the molecule is CCCCCCCCCCCCc1cc(CCCCCCCCCCCC)c2cccc(S(=O)(=O)[O-])c2c1.[K+]. The molecule has 0 radical (unpaired) electrons. The summed E-state index contributed by atoms with van der Waals surface area (Å²) < 4.78 is 36.0. The van der Waals surface area contributed by atoms with Crippen molar-refractivity contribution in [1.29, 1.82) is 0 Å². The molecule has 0 unspecified atom stereocenters. The first-order valence-electron chi connectivity index (χ1n) is 16.0. The Morgan fingerprint density at radius 2 is 1.00 bits per heavy atom. The summed E-state index contributed by atoms with van der Waals surface area (Å²) in [5, 5.41) is 1.55. The smallest absolute Gasteiger partial charge is 0.744 e.